The van der Waals surface area contributed by atoms with Crippen molar-refractivity contribution in [2.45, 2.75) is 38.1 Å². The number of para-hydroxylation sites is 1. The van der Waals surface area contributed by atoms with Crippen molar-refractivity contribution in [3.63, 3.8) is 0 Å². The van der Waals surface area contributed by atoms with Crippen LogP contribution in [-0.4, -0.2) is 33.5 Å². The van der Waals surface area contributed by atoms with Crippen LogP contribution in [0.25, 0.3) is 10.9 Å². The second-order valence-electron chi connectivity index (χ2n) is 5.32. The van der Waals surface area contributed by atoms with Crippen molar-refractivity contribution >= 4 is 10.9 Å². The van der Waals surface area contributed by atoms with Crippen LogP contribution < -0.4 is 5.32 Å². The first-order valence-corrected chi connectivity index (χ1v) is 6.87. The summed E-state index contributed by atoms with van der Waals surface area (Å²) in [5, 5.41) is 23.3. The molecule has 0 aliphatic heterocycles. The van der Waals surface area contributed by atoms with Gasteiger partial charge in [-0.2, -0.15) is 0 Å². The van der Waals surface area contributed by atoms with E-state index < -0.39 is 6.10 Å². The van der Waals surface area contributed by atoms with Crippen molar-refractivity contribution in [1.82, 2.24) is 9.88 Å². The van der Waals surface area contributed by atoms with Crippen LogP contribution in [0.15, 0.2) is 30.5 Å². The molecule has 1 heterocycles. The lowest BCUT2D eigenvalue weighted by Gasteiger charge is -2.09. The Morgan fingerprint density at radius 3 is 2.84 bits per heavy atom. The lowest BCUT2D eigenvalue weighted by atomic mass is 10.2. The van der Waals surface area contributed by atoms with Crippen LogP contribution >= 0.6 is 0 Å². The fourth-order valence-electron chi connectivity index (χ4n) is 2.44. The average Bonchev–Trinajstić information content (AvgIpc) is 3.20. The van der Waals surface area contributed by atoms with Gasteiger partial charge in [0, 0.05) is 29.7 Å². The SMILES string of the molecule is OCC(O)Cn1cc(CNC2CC2)c2ccccc21. The zero-order valence-electron chi connectivity index (χ0n) is 10.9. The minimum Gasteiger partial charge on any atom is -0.394 e. The summed E-state index contributed by atoms with van der Waals surface area (Å²) in [5.41, 5.74) is 2.37. The van der Waals surface area contributed by atoms with Crippen molar-refractivity contribution < 1.29 is 10.2 Å². The van der Waals surface area contributed by atoms with Crippen LogP contribution in [-0.2, 0) is 13.1 Å². The van der Waals surface area contributed by atoms with Crippen LogP contribution in [0, 0.1) is 0 Å². The van der Waals surface area contributed by atoms with E-state index in [0.717, 1.165) is 12.1 Å². The highest BCUT2D eigenvalue weighted by Gasteiger charge is 2.21. The van der Waals surface area contributed by atoms with Crippen molar-refractivity contribution in [1.29, 1.82) is 0 Å². The van der Waals surface area contributed by atoms with Gasteiger partial charge < -0.3 is 20.1 Å². The van der Waals surface area contributed by atoms with Crippen molar-refractivity contribution in [3.05, 3.63) is 36.0 Å². The predicted octanol–water partition coefficient (Wildman–Crippen LogP) is 1.25. The van der Waals surface area contributed by atoms with Gasteiger partial charge in [-0.25, -0.2) is 0 Å². The second-order valence-corrected chi connectivity index (χ2v) is 5.32. The number of fused-ring (bicyclic) bond motifs is 1. The molecule has 1 aliphatic carbocycles. The molecule has 3 N–H and O–H groups in total. The number of aliphatic hydroxyl groups excluding tert-OH is 2. The van der Waals surface area contributed by atoms with E-state index in [1.165, 1.54) is 23.8 Å². The molecule has 0 bridgehead atoms. The third-order valence-electron chi connectivity index (χ3n) is 3.65. The number of rotatable bonds is 6. The number of nitrogens with zero attached hydrogens (tertiary/aromatic N) is 1. The van der Waals surface area contributed by atoms with E-state index in [0.29, 0.717) is 12.6 Å². The topological polar surface area (TPSA) is 57.4 Å². The van der Waals surface area contributed by atoms with Crippen LogP contribution in [0.5, 0.6) is 0 Å². The van der Waals surface area contributed by atoms with E-state index in [2.05, 4.69) is 23.6 Å². The summed E-state index contributed by atoms with van der Waals surface area (Å²) >= 11 is 0. The van der Waals surface area contributed by atoms with E-state index >= 15 is 0 Å². The first-order valence-electron chi connectivity index (χ1n) is 6.87. The van der Waals surface area contributed by atoms with Crippen LogP contribution in [0.3, 0.4) is 0 Å². The highest BCUT2D eigenvalue weighted by atomic mass is 16.3. The Kier molecular flexibility index (Phi) is 3.55. The molecular formula is C15H20N2O2. The van der Waals surface area contributed by atoms with Crippen molar-refractivity contribution in [2.24, 2.45) is 0 Å². The molecule has 0 amide bonds. The fourth-order valence-corrected chi connectivity index (χ4v) is 2.44. The van der Waals surface area contributed by atoms with Crippen molar-refractivity contribution in [2.75, 3.05) is 6.61 Å². The zero-order valence-corrected chi connectivity index (χ0v) is 10.9. The zero-order chi connectivity index (χ0) is 13.2. The molecule has 1 aliphatic rings. The van der Waals surface area contributed by atoms with Gasteiger partial charge in [-0.3, -0.25) is 0 Å². The van der Waals surface area contributed by atoms with E-state index in [1.807, 2.05) is 16.7 Å². The number of aliphatic hydroxyl groups is 2. The molecule has 3 rings (SSSR count). The lowest BCUT2D eigenvalue weighted by molar-refractivity contribution is 0.0822. The summed E-state index contributed by atoms with van der Waals surface area (Å²) in [6, 6.07) is 8.89. The maximum Gasteiger partial charge on any atom is 0.0949 e. The standard InChI is InChI=1S/C15H20N2O2/c18-10-13(19)9-17-8-11(7-16-12-5-6-12)14-3-1-2-4-15(14)17/h1-4,8,12-13,16,18-19H,5-7,9-10H2. The van der Waals surface area contributed by atoms with Gasteiger partial charge in [-0.1, -0.05) is 18.2 Å². The Hall–Kier alpha value is -1.36. The summed E-state index contributed by atoms with van der Waals surface area (Å²) in [6.45, 7) is 1.09. The minimum atomic E-state index is -0.708. The van der Waals surface area contributed by atoms with Crippen LogP contribution in [0.2, 0.25) is 0 Å². The smallest absolute Gasteiger partial charge is 0.0949 e. The van der Waals surface area contributed by atoms with Gasteiger partial charge in [0.25, 0.3) is 0 Å². The molecule has 1 aromatic heterocycles. The van der Waals surface area contributed by atoms with Gasteiger partial charge in [0.2, 0.25) is 0 Å². The Morgan fingerprint density at radius 1 is 1.32 bits per heavy atom. The van der Waals surface area contributed by atoms with Crippen LogP contribution in [0.4, 0.5) is 0 Å². The molecular weight excluding hydrogens is 240 g/mol. The minimum absolute atomic E-state index is 0.206. The summed E-state index contributed by atoms with van der Waals surface area (Å²) in [5.74, 6) is 0. The first kappa shape index (κ1) is 12.7. The number of aromatic nitrogens is 1. The summed E-state index contributed by atoms with van der Waals surface area (Å²) in [4.78, 5) is 0. The Labute approximate surface area is 112 Å². The Bertz CT molecular complexity index is 560. The quantitative estimate of drug-likeness (QED) is 0.732. The maximum absolute atomic E-state index is 9.62. The molecule has 1 saturated carbocycles. The van der Waals surface area contributed by atoms with Crippen LogP contribution in [0.1, 0.15) is 18.4 Å². The highest BCUT2D eigenvalue weighted by molar-refractivity contribution is 5.83. The first-order chi connectivity index (χ1) is 9.28. The normalized spacial score (nSPS) is 16.9. The highest BCUT2D eigenvalue weighted by Crippen LogP contribution is 2.24. The maximum atomic E-state index is 9.62. The van der Waals surface area contributed by atoms with Gasteiger partial charge in [0.1, 0.15) is 0 Å². The van der Waals surface area contributed by atoms with Gasteiger partial charge >= 0.3 is 0 Å². The second kappa shape index (κ2) is 5.33. The molecule has 1 unspecified atom stereocenters. The molecule has 0 saturated heterocycles. The molecule has 2 aromatic rings. The molecule has 0 spiro atoms. The largest absolute Gasteiger partial charge is 0.394 e. The van der Waals surface area contributed by atoms with Gasteiger partial charge in [-0.05, 0) is 24.5 Å². The van der Waals surface area contributed by atoms with E-state index in [1.54, 1.807) is 0 Å². The number of hydrogen-bond donors (Lipinski definition) is 3. The van der Waals surface area contributed by atoms with E-state index in [-0.39, 0.29) is 6.61 Å². The molecule has 102 valence electrons. The lowest BCUT2D eigenvalue weighted by Crippen LogP contribution is -2.19. The molecule has 4 heteroatoms. The molecule has 1 aromatic carbocycles. The Morgan fingerprint density at radius 2 is 2.11 bits per heavy atom. The summed E-state index contributed by atoms with van der Waals surface area (Å²) in [7, 11) is 0. The third kappa shape index (κ3) is 2.81. The van der Waals surface area contributed by atoms with Gasteiger partial charge in [0.05, 0.1) is 19.3 Å². The molecule has 1 fully saturated rings. The van der Waals surface area contributed by atoms with Gasteiger partial charge in [0.15, 0.2) is 0 Å². The average molecular weight is 260 g/mol. The molecule has 1 atom stereocenters. The Balaban J connectivity index is 1.87. The summed E-state index contributed by atoms with van der Waals surface area (Å²) < 4.78 is 2.03. The monoisotopic (exact) mass is 260 g/mol. The number of nitrogens with one attached hydrogen (secondary N) is 1. The molecule has 0 radical (unpaired) electrons. The van der Waals surface area contributed by atoms with E-state index in [9.17, 15) is 5.11 Å². The van der Waals surface area contributed by atoms with E-state index in [4.69, 9.17) is 5.11 Å². The van der Waals surface area contributed by atoms with Gasteiger partial charge in [-0.15, -0.1) is 0 Å². The van der Waals surface area contributed by atoms with Crippen molar-refractivity contribution in [3.8, 4) is 0 Å². The third-order valence-corrected chi connectivity index (χ3v) is 3.65. The number of benzene rings is 1. The predicted molar refractivity (Wildman–Crippen MR) is 74.9 cm³/mol. The molecule has 4 nitrogen and oxygen atoms in total. The fraction of sp³-hybridized carbons (Fsp3) is 0.467. The molecule has 19 heavy (non-hydrogen) atoms. The summed E-state index contributed by atoms with van der Waals surface area (Å²) in [6.07, 6.45) is 3.93. The number of hydrogen-bond acceptors (Lipinski definition) is 3.